The largest absolute Gasteiger partial charge is 0.326 e. The predicted octanol–water partition coefficient (Wildman–Crippen LogP) is 2.14. The van der Waals surface area contributed by atoms with Crippen molar-refractivity contribution < 1.29 is 8.42 Å². The van der Waals surface area contributed by atoms with E-state index in [9.17, 15) is 8.42 Å². The minimum absolute atomic E-state index is 0. The van der Waals surface area contributed by atoms with Gasteiger partial charge in [-0.3, -0.25) is 0 Å². The van der Waals surface area contributed by atoms with E-state index < -0.39 is 10.0 Å². The fourth-order valence-electron chi connectivity index (χ4n) is 1.80. The Balaban J connectivity index is 0.00000162. The van der Waals surface area contributed by atoms with Crippen molar-refractivity contribution in [3.8, 4) is 0 Å². The molecule has 1 aliphatic rings. The zero-order valence-electron chi connectivity index (χ0n) is 9.34. The Labute approximate surface area is 123 Å². The molecule has 4 nitrogen and oxygen atoms in total. The number of nitrogens with two attached hydrogens (primary N) is 1. The van der Waals surface area contributed by atoms with Gasteiger partial charge in [-0.1, -0.05) is 23.2 Å². The van der Waals surface area contributed by atoms with E-state index in [1.165, 1.54) is 22.5 Å². The average Bonchev–Trinajstić information content (AvgIpc) is 2.64. The summed E-state index contributed by atoms with van der Waals surface area (Å²) in [7, 11) is -3.56. The molecule has 1 atom stereocenters. The first kappa shape index (κ1) is 16.0. The number of hydrogen-bond acceptors (Lipinski definition) is 3. The molecule has 102 valence electrons. The maximum Gasteiger partial charge on any atom is 0.244 e. The summed E-state index contributed by atoms with van der Waals surface area (Å²) in [6.45, 7) is 0.768. The Morgan fingerprint density at radius 2 is 2.00 bits per heavy atom. The molecule has 2 rings (SSSR count). The second kappa shape index (κ2) is 5.94. The molecular formula is C10H13Cl3N2O2S. The van der Waals surface area contributed by atoms with Crippen LogP contribution in [0.4, 0.5) is 0 Å². The minimum Gasteiger partial charge on any atom is -0.326 e. The highest BCUT2D eigenvalue weighted by Crippen LogP contribution is 2.28. The molecule has 1 heterocycles. The van der Waals surface area contributed by atoms with Crippen molar-refractivity contribution in [3.05, 3.63) is 28.2 Å². The van der Waals surface area contributed by atoms with Crippen LogP contribution in [0.15, 0.2) is 23.1 Å². The van der Waals surface area contributed by atoms with Crippen LogP contribution >= 0.6 is 35.6 Å². The van der Waals surface area contributed by atoms with E-state index in [2.05, 4.69) is 0 Å². The number of nitrogens with zero attached hydrogens (tertiary/aromatic N) is 1. The van der Waals surface area contributed by atoms with Crippen LogP contribution in [0.2, 0.25) is 10.0 Å². The lowest BCUT2D eigenvalue weighted by Crippen LogP contribution is -2.32. The molecule has 0 bridgehead atoms. The first-order chi connectivity index (χ1) is 7.91. The molecule has 1 fully saturated rings. The number of benzene rings is 1. The van der Waals surface area contributed by atoms with Crippen LogP contribution in [0.3, 0.4) is 0 Å². The number of sulfonamides is 1. The van der Waals surface area contributed by atoms with Crippen molar-refractivity contribution in [3.63, 3.8) is 0 Å². The lowest BCUT2D eigenvalue weighted by atomic mass is 10.3. The molecule has 2 N–H and O–H groups in total. The van der Waals surface area contributed by atoms with E-state index in [4.69, 9.17) is 28.9 Å². The van der Waals surface area contributed by atoms with Crippen LogP contribution in [0.25, 0.3) is 0 Å². The Kier molecular flexibility index (Phi) is 5.29. The SMILES string of the molecule is Cl.N[C@@H]1CCN(S(=O)(=O)c2ccc(Cl)cc2Cl)C1. The smallest absolute Gasteiger partial charge is 0.244 e. The van der Waals surface area contributed by atoms with Gasteiger partial charge in [0.2, 0.25) is 10.0 Å². The van der Waals surface area contributed by atoms with Gasteiger partial charge in [-0.15, -0.1) is 12.4 Å². The van der Waals surface area contributed by atoms with Gasteiger partial charge in [0.25, 0.3) is 0 Å². The van der Waals surface area contributed by atoms with Gasteiger partial charge in [0, 0.05) is 24.2 Å². The van der Waals surface area contributed by atoms with Gasteiger partial charge in [-0.05, 0) is 24.6 Å². The number of hydrogen-bond donors (Lipinski definition) is 1. The maximum atomic E-state index is 12.3. The van der Waals surface area contributed by atoms with Crippen molar-refractivity contribution in [2.75, 3.05) is 13.1 Å². The third-order valence-corrected chi connectivity index (χ3v) is 5.28. The summed E-state index contributed by atoms with van der Waals surface area (Å²) < 4.78 is 25.9. The maximum absolute atomic E-state index is 12.3. The van der Waals surface area contributed by atoms with Crippen LogP contribution in [-0.2, 0) is 10.0 Å². The van der Waals surface area contributed by atoms with E-state index in [0.29, 0.717) is 24.5 Å². The van der Waals surface area contributed by atoms with Crippen molar-refractivity contribution in [1.29, 1.82) is 0 Å². The summed E-state index contributed by atoms with van der Waals surface area (Å²) in [4.78, 5) is 0.0812. The van der Waals surface area contributed by atoms with E-state index >= 15 is 0 Å². The summed E-state index contributed by atoms with van der Waals surface area (Å²) >= 11 is 11.6. The summed E-state index contributed by atoms with van der Waals surface area (Å²) in [5.74, 6) is 0. The molecular weight excluding hydrogens is 319 g/mol. The van der Waals surface area contributed by atoms with E-state index in [1.807, 2.05) is 0 Å². The highest BCUT2D eigenvalue weighted by atomic mass is 35.5. The lowest BCUT2D eigenvalue weighted by molar-refractivity contribution is 0.472. The molecule has 8 heteroatoms. The van der Waals surface area contributed by atoms with Gasteiger partial charge in [-0.25, -0.2) is 8.42 Å². The summed E-state index contributed by atoms with van der Waals surface area (Å²) in [6, 6.07) is 4.25. The monoisotopic (exact) mass is 330 g/mol. The Morgan fingerprint density at radius 3 is 2.50 bits per heavy atom. The van der Waals surface area contributed by atoms with Gasteiger partial charge >= 0.3 is 0 Å². The van der Waals surface area contributed by atoms with Gasteiger partial charge < -0.3 is 5.73 Å². The molecule has 0 saturated carbocycles. The van der Waals surface area contributed by atoms with Crippen molar-refractivity contribution in [1.82, 2.24) is 4.31 Å². The fourth-order valence-corrected chi connectivity index (χ4v) is 4.05. The molecule has 0 aliphatic carbocycles. The Bertz CT molecular complexity index is 536. The topological polar surface area (TPSA) is 63.4 Å². The zero-order chi connectivity index (χ0) is 12.6. The van der Waals surface area contributed by atoms with Crippen LogP contribution < -0.4 is 5.73 Å². The highest BCUT2D eigenvalue weighted by Gasteiger charge is 2.32. The Hall–Kier alpha value is -0.0400. The average molecular weight is 332 g/mol. The molecule has 1 aromatic carbocycles. The first-order valence-corrected chi connectivity index (χ1v) is 7.31. The summed E-state index contributed by atoms with van der Waals surface area (Å²) in [6.07, 6.45) is 0.671. The lowest BCUT2D eigenvalue weighted by Gasteiger charge is -2.16. The summed E-state index contributed by atoms with van der Waals surface area (Å²) in [5.41, 5.74) is 5.70. The van der Waals surface area contributed by atoms with E-state index in [1.54, 1.807) is 0 Å². The number of halogens is 3. The van der Waals surface area contributed by atoms with Crippen molar-refractivity contribution in [2.45, 2.75) is 17.4 Å². The highest BCUT2D eigenvalue weighted by molar-refractivity contribution is 7.89. The minimum atomic E-state index is -3.56. The third-order valence-electron chi connectivity index (χ3n) is 2.70. The molecule has 0 aromatic heterocycles. The van der Waals surface area contributed by atoms with Crippen LogP contribution in [0, 0.1) is 0 Å². The molecule has 0 radical (unpaired) electrons. The van der Waals surface area contributed by atoms with Crippen molar-refractivity contribution in [2.24, 2.45) is 5.73 Å². The van der Waals surface area contributed by atoms with Crippen LogP contribution in [0.1, 0.15) is 6.42 Å². The second-order valence-corrected chi connectivity index (χ2v) is 6.74. The normalized spacial score (nSPS) is 20.7. The standard InChI is InChI=1S/C10H12Cl2N2O2S.ClH/c11-7-1-2-10(9(12)5-7)17(15,16)14-4-3-8(13)6-14;/h1-2,5,8H,3-4,6,13H2;1H/t8-;/m1./s1. The molecule has 1 aromatic rings. The van der Waals surface area contributed by atoms with Crippen LogP contribution in [-0.4, -0.2) is 31.9 Å². The second-order valence-electron chi connectivity index (χ2n) is 3.99. The van der Waals surface area contributed by atoms with Gasteiger partial charge in [0.15, 0.2) is 0 Å². The molecule has 0 unspecified atom stereocenters. The van der Waals surface area contributed by atoms with E-state index in [-0.39, 0.29) is 28.4 Å². The molecule has 0 spiro atoms. The third kappa shape index (κ3) is 3.10. The Morgan fingerprint density at radius 1 is 1.33 bits per heavy atom. The molecule has 18 heavy (non-hydrogen) atoms. The van der Waals surface area contributed by atoms with Crippen LogP contribution in [0.5, 0.6) is 0 Å². The molecule has 0 amide bonds. The quantitative estimate of drug-likeness (QED) is 0.903. The molecule has 1 saturated heterocycles. The fraction of sp³-hybridized carbons (Fsp3) is 0.400. The zero-order valence-corrected chi connectivity index (χ0v) is 12.5. The number of rotatable bonds is 2. The predicted molar refractivity (Wildman–Crippen MR) is 75.1 cm³/mol. The van der Waals surface area contributed by atoms with Crippen molar-refractivity contribution >= 4 is 45.6 Å². The summed E-state index contributed by atoms with van der Waals surface area (Å²) in [5, 5.41) is 0.546. The van der Waals surface area contributed by atoms with Gasteiger partial charge in [0.1, 0.15) is 4.90 Å². The van der Waals surface area contributed by atoms with E-state index in [0.717, 1.165) is 0 Å². The molecule has 1 aliphatic heterocycles. The van der Waals surface area contributed by atoms with Gasteiger partial charge in [0.05, 0.1) is 5.02 Å². The first-order valence-electron chi connectivity index (χ1n) is 5.12. The van der Waals surface area contributed by atoms with Gasteiger partial charge in [-0.2, -0.15) is 4.31 Å².